The zero-order chi connectivity index (χ0) is 13.0. The number of aromatic amines is 1. The molecule has 0 amide bonds. The summed E-state index contributed by atoms with van der Waals surface area (Å²) in [6, 6.07) is 4.01. The first-order valence-corrected chi connectivity index (χ1v) is 6.22. The number of H-pyrrole nitrogens is 1. The molecule has 0 fully saturated rings. The average molecular weight is 248 g/mol. The van der Waals surface area contributed by atoms with Gasteiger partial charge in [-0.15, -0.1) is 0 Å². The molecule has 0 unspecified atom stereocenters. The Labute approximate surface area is 107 Å². The van der Waals surface area contributed by atoms with Crippen LogP contribution in [0, 0.1) is 0 Å². The molecule has 2 N–H and O–H groups in total. The second kappa shape index (κ2) is 5.78. The predicted octanol–water partition coefficient (Wildman–Crippen LogP) is 2.34. The molecule has 0 aliphatic carbocycles. The molecule has 1 aromatic heterocycles. The van der Waals surface area contributed by atoms with Crippen LogP contribution in [0.15, 0.2) is 18.3 Å². The van der Waals surface area contributed by atoms with Gasteiger partial charge in [0.25, 0.3) is 0 Å². The monoisotopic (exact) mass is 248 g/mol. The van der Waals surface area contributed by atoms with E-state index < -0.39 is 0 Å². The minimum atomic E-state index is 0.755. The van der Waals surface area contributed by atoms with Crippen molar-refractivity contribution in [1.29, 1.82) is 0 Å². The number of ether oxygens (including phenoxy) is 2. The fourth-order valence-corrected chi connectivity index (χ4v) is 2.11. The summed E-state index contributed by atoms with van der Waals surface area (Å²) in [4.78, 5) is 3.28. The number of benzene rings is 1. The summed E-state index contributed by atoms with van der Waals surface area (Å²) in [5.41, 5.74) is 2.38. The van der Waals surface area contributed by atoms with E-state index in [0.717, 1.165) is 36.5 Å². The SMILES string of the molecule is CCNCCc1c[nH]c2cc(OC)c(OC)cc12. The number of hydrogen-bond acceptors (Lipinski definition) is 3. The predicted molar refractivity (Wildman–Crippen MR) is 73.7 cm³/mol. The molecule has 98 valence electrons. The standard InChI is InChI=1S/C14H20N2O2/c1-4-15-6-5-10-9-16-12-8-14(18-3)13(17-2)7-11(10)12/h7-9,15-16H,4-6H2,1-3H3. The topological polar surface area (TPSA) is 46.3 Å². The van der Waals surface area contributed by atoms with Gasteiger partial charge >= 0.3 is 0 Å². The maximum Gasteiger partial charge on any atom is 0.162 e. The lowest BCUT2D eigenvalue weighted by atomic mass is 10.1. The van der Waals surface area contributed by atoms with Crippen LogP contribution in [0.5, 0.6) is 11.5 Å². The molecular formula is C14H20N2O2. The van der Waals surface area contributed by atoms with Gasteiger partial charge in [0, 0.05) is 23.2 Å². The Kier molecular flexibility index (Phi) is 4.10. The van der Waals surface area contributed by atoms with E-state index in [9.17, 15) is 0 Å². The summed E-state index contributed by atoms with van der Waals surface area (Å²) in [6.07, 6.45) is 3.06. The largest absolute Gasteiger partial charge is 0.493 e. The van der Waals surface area contributed by atoms with Crippen molar-refractivity contribution in [2.45, 2.75) is 13.3 Å². The Balaban J connectivity index is 2.33. The van der Waals surface area contributed by atoms with Crippen LogP contribution in [0.1, 0.15) is 12.5 Å². The van der Waals surface area contributed by atoms with E-state index in [2.05, 4.69) is 23.4 Å². The molecule has 0 atom stereocenters. The van der Waals surface area contributed by atoms with Crippen molar-refractivity contribution in [3.8, 4) is 11.5 Å². The maximum absolute atomic E-state index is 5.34. The van der Waals surface area contributed by atoms with E-state index in [1.807, 2.05) is 12.1 Å². The zero-order valence-electron chi connectivity index (χ0n) is 11.2. The highest BCUT2D eigenvalue weighted by atomic mass is 16.5. The van der Waals surface area contributed by atoms with E-state index >= 15 is 0 Å². The zero-order valence-corrected chi connectivity index (χ0v) is 11.2. The lowest BCUT2D eigenvalue weighted by molar-refractivity contribution is 0.356. The van der Waals surface area contributed by atoms with E-state index in [-0.39, 0.29) is 0 Å². The highest BCUT2D eigenvalue weighted by Gasteiger charge is 2.10. The van der Waals surface area contributed by atoms with E-state index in [4.69, 9.17) is 9.47 Å². The highest BCUT2D eigenvalue weighted by molar-refractivity contribution is 5.86. The molecule has 18 heavy (non-hydrogen) atoms. The molecule has 1 aromatic carbocycles. The van der Waals surface area contributed by atoms with Crippen molar-refractivity contribution in [1.82, 2.24) is 10.3 Å². The third-order valence-electron chi connectivity index (χ3n) is 3.09. The summed E-state index contributed by atoms with van der Waals surface area (Å²) in [5, 5.41) is 4.53. The second-order valence-electron chi connectivity index (χ2n) is 4.17. The molecule has 4 heteroatoms. The van der Waals surface area contributed by atoms with Crippen molar-refractivity contribution >= 4 is 10.9 Å². The Morgan fingerprint density at radius 3 is 2.56 bits per heavy atom. The van der Waals surface area contributed by atoms with Gasteiger partial charge in [0.2, 0.25) is 0 Å². The molecule has 0 aliphatic heterocycles. The van der Waals surface area contributed by atoms with Gasteiger partial charge in [0.15, 0.2) is 11.5 Å². The molecular weight excluding hydrogens is 228 g/mol. The Morgan fingerprint density at radius 1 is 1.17 bits per heavy atom. The van der Waals surface area contributed by atoms with E-state index in [1.165, 1.54) is 10.9 Å². The summed E-state index contributed by atoms with van der Waals surface area (Å²) < 4.78 is 10.6. The summed E-state index contributed by atoms with van der Waals surface area (Å²) >= 11 is 0. The van der Waals surface area contributed by atoms with Crippen LogP contribution in [-0.2, 0) is 6.42 Å². The second-order valence-corrected chi connectivity index (χ2v) is 4.17. The number of nitrogens with one attached hydrogen (secondary N) is 2. The van der Waals surface area contributed by atoms with Crippen LogP contribution >= 0.6 is 0 Å². The van der Waals surface area contributed by atoms with Crippen LogP contribution in [0.25, 0.3) is 10.9 Å². The molecule has 0 saturated heterocycles. The molecule has 2 aromatic rings. The number of methoxy groups -OCH3 is 2. The van der Waals surface area contributed by atoms with Crippen molar-refractivity contribution < 1.29 is 9.47 Å². The van der Waals surface area contributed by atoms with Gasteiger partial charge in [-0.3, -0.25) is 0 Å². The first kappa shape index (κ1) is 12.8. The van der Waals surface area contributed by atoms with Crippen LogP contribution in [0.3, 0.4) is 0 Å². The lowest BCUT2D eigenvalue weighted by Gasteiger charge is -2.08. The molecule has 0 radical (unpaired) electrons. The normalized spacial score (nSPS) is 10.8. The fourth-order valence-electron chi connectivity index (χ4n) is 2.11. The van der Waals surface area contributed by atoms with Crippen LogP contribution in [0.2, 0.25) is 0 Å². The van der Waals surface area contributed by atoms with Gasteiger partial charge in [0.05, 0.1) is 14.2 Å². The van der Waals surface area contributed by atoms with Gasteiger partial charge in [-0.25, -0.2) is 0 Å². The van der Waals surface area contributed by atoms with Crippen LogP contribution in [-0.4, -0.2) is 32.3 Å². The molecule has 0 aliphatic rings. The molecule has 4 nitrogen and oxygen atoms in total. The maximum atomic E-state index is 5.34. The quantitative estimate of drug-likeness (QED) is 0.771. The fraction of sp³-hybridized carbons (Fsp3) is 0.429. The summed E-state index contributed by atoms with van der Waals surface area (Å²) in [6.45, 7) is 4.10. The minimum Gasteiger partial charge on any atom is -0.493 e. The first-order chi connectivity index (χ1) is 8.80. The van der Waals surface area contributed by atoms with Gasteiger partial charge in [-0.2, -0.15) is 0 Å². The first-order valence-electron chi connectivity index (χ1n) is 6.22. The molecule has 0 spiro atoms. The van der Waals surface area contributed by atoms with Gasteiger partial charge < -0.3 is 19.8 Å². The van der Waals surface area contributed by atoms with E-state index in [1.54, 1.807) is 14.2 Å². The number of rotatable bonds is 6. The molecule has 0 saturated carbocycles. The number of hydrogen-bond donors (Lipinski definition) is 2. The Morgan fingerprint density at radius 2 is 1.89 bits per heavy atom. The van der Waals surface area contributed by atoms with Gasteiger partial charge in [-0.1, -0.05) is 6.92 Å². The third kappa shape index (κ3) is 2.43. The minimum absolute atomic E-state index is 0.755. The van der Waals surface area contributed by atoms with Crippen LogP contribution in [0.4, 0.5) is 0 Å². The third-order valence-corrected chi connectivity index (χ3v) is 3.09. The highest BCUT2D eigenvalue weighted by Crippen LogP contribution is 2.33. The lowest BCUT2D eigenvalue weighted by Crippen LogP contribution is -2.15. The number of aromatic nitrogens is 1. The molecule has 2 rings (SSSR count). The Bertz CT molecular complexity index is 520. The average Bonchev–Trinajstić information content (AvgIpc) is 2.80. The number of likely N-dealkylation sites (N-methyl/N-ethyl adjacent to an activating group) is 1. The molecule has 1 heterocycles. The van der Waals surface area contributed by atoms with Crippen molar-refractivity contribution in [3.05, 3.63) is 23.9 Å². The number of fused-ring (bicyclic) bond motifs is 1. The molecule has 0 bridgehead atoms. The van der Waals surface area contributed by atoms with E-state index in [0.29, 0.717) is 0 Å². The van der Waals surface area contributed by atoms with Crippen LogP contribution < -0.4 is 14.8 Å². The van der Waals surface area contributed by atoms with Crippen molar-refractivity contribution in [2.75, 3.05) is 27.3 Å². The van der Waals surface area contributed by atoms with Crippen molar-refractivity contribution in [3.63, 3.8) is 0 Å². The van der Waals surface area contributed by atoms with Crippen molar-refractivity contribution in [2.24, 2.45) is 0 Å². The smallest absolute Gasteiger partial charge is 0.162 e. The Hall–Kier alpha value is -1.68. The van der Waals surface area contributed by atoms with Gasteiger partial charge in [-0.05, 0) is 31.1 Å². The summed E-state index contributed by atoms with van der Waals surface area (Å²) in [7, 11) is 3.31. The van der Waals surface area contributed by atoms with Gasteiger partial charge in [0.1, 0.15) is 0 Å². The summed E-state index contributed by atoms with van der Waals surface area (Å²) in [5.74, 6) is 1.53.